The Kier molecular flexibility index (Phi) is 4.60. The molecular weight excluding hydrogens is 280 g/mol. The number of hydrogen-bond acceptors (Lipinski definition) is 3. The molecule has 2 rings (SSSR count). The molecule has 1 unspecified atom stereocenters. The van der Waals surface area contributed by atoms with E-state index in [1.807, 2.05) is 6.92 Å². The summed E-state index contributed by atoms with van der Waals surface area (Å²) in [6.45, 7) is 2.04. The van der Waals surface area contributed by atoms with Crippen LogP contribution in [0.5, 0.6) is 0 Å². The van der Waals surface area contributed by atoms with Crippen molar-refractivity contribution in [1.82, 2.24) is 5.32 Å². The Morgan fingerprint density at radius 3 is 2.75 bits per heavy atom. The predicted molar refractivity (Wildman–Crippen MR) is 77.0 cm³/mol. The Labute approximate surface area is 122 Å². The highest BCUT2D eigenvalue weighted by Gasteiger charge is 2.26. The average Bonchev–Trinajstić information content (AvgIpc) is 3.21. The first-order valence-corrected chi connectivity index (χ1v) is 7.13. The fraction of sp³-hybridized carbons (Fsp3) is 0.500. The molecule has 0 aliphatic heterocycles. The first kappa shape index (κ1) is 14.8. The van der Waals surface area contributed by atoms with Gasteiger partial charge in [-0.25, -0.2) is 0 Å². The molecule has 1 fully saturated rings. The second-order valence-corrected chi connectivity index (χ2v) is 5.59. The molecule has 0 saturated heterocycles. The lowest BCUT2D eigenvalue weighted by Crippen LogP contribution is -2.34. The minimum atomic E-state index is -0.564. The van der Waals surface area contributed by atoms with E-state index in [1.54, 1.807) is 0 Å². The van der Waals surface area contributed by atoms with Crippen molar-refractivity contribution in [1.29, 1.82) is 0 Å². The second kappa shape index (κ2) is 6.22. The maximum Gasteiger partial charge on any atom is 0.287 e. The van der Waals surface area contributed by atoms with Gasteiger partial charge in [-0.15, -0.1) is 0 Å². The van der Waals surface area contributed by atoms with Crippen molar-refractivity contribution >= 4 is 23.2 Å². The highest BCUT2D eigenvalue weighted by Crippen LogP contribution is 2.34. The molecule has 1 saturated carbocycles. The molecule has 6 heteroatoms. The second-order valence-electron chi connectivity index (χ2n) is 5.18. The van der Waals surface area contributed by atoms with Crippen molar-refractivity contribution in [3.8, 4) is 0 Å². The number of amides is 1. The Morgan fingerprint density at radius 2 is 2.25 bits per heavy atom. The van der Waals surface area contributed by atoms with Crippen LogP contribution in [-0.4, -0.2) is 16.9 Å². The molecule has 1 aromatic carbocycles. The van der Waals surface area contributed by atoms with Gasteiger partial charge in [-0.2, -0.15) is 0 Å². The molecule has 1 aromatic rings. The molecule has 0 bridgehead atoms. The van der Waals surface area contributed by atoms with Crippen molar-refractivity contribution in [2.75, 3.05) is 0 Å². The molecule has 0 heterocycles. The number of nitrogens with one attached hydrogen (secondary N) is 1. The number of hydrogen-bond donors (Lipinski definition) is 1. The van der Waals surface area contributed by atoms with Crippen LogP contribution in [0.3, 0.4) is 0 Å². The molecule has 0 aromatic heterocycles. The Bertz CT molecular complexity index is 529. The van der Waals surface area contributed by atoms with Gasteiger partial charge in [0.2, 0.25) is 0 Å². The minimum Gasteiger partial charge on any atom is -0.349 e. The number of carbonyl (C=O) groups is 1. The SMILES string of the molecule is CCC(CC1CC1)NC(=O)c1ccc([N+](=O)[O-])c(Cl)c1. The van der Waals surface area contributed by atoms with E-state index in [-0.39, 0.29) is 22.7 Å². The van der Waals surface area contributed by atoms with Crippen molar-refractivity contribution < 1.29 is 9.72 Å². The maximum atomic E-state index is 12.1. The third kappa shape index (κ3) is 3.70. The number of rotatable bonds is 6. The summed E-state index contributed by atoms with van der Waals surface area (Å²) in [6.07, 6.45) is 4.37. The van der Waals surface area contributed by atoms with Crippen molar-refractivity contribution in [2.24, 2.45) is 5.92 Å². The van der Waals surface area contributed by atoms with E-state index >= 15 is 0 Å². The van der Waals surface area contributed by atoms with Crippen LogP contribution in [-0.2, 0) is 0 Å². The third-order valence-corrected chi connectivity index (χ3v) is 3.85. The number of halogens is 1. The van der Waals surface area contributed by atoms with E-state index in [1.165, 1.54) is 31.0 Å². The van der Waals surface area contributed by atoms with Gasteiger partial charge in [-0.3, -0.25) is 14.9 Å². The van der Waals surface area contributed by atoms with E-state index in [0.717, 1.165) is 18.8 Å². The fourth-order valence-electron chi connectivity index (χ4n) is 2.15. The number of nitrogens with zero attached hydrogens (tertiary/aromatic N) is 1. The van der Waals surface area contributed by atoms with Crippen molar-refractivity contribution in [3.05, 3.63) is 38.9 Å². The third-order valence-electron chi connectivity index (χ3n) is 3.55. The molecule has 108 valence electrons. The van der Waals surface area contributed by atoms with E-state index in [4.69, 9.17) is 11.6 Å². The lowest BCUT2D eigenvalue weighted by Gasteiger charge is -2.16. The van der Waals surface area contributed by atoms with Gasteiger partial charge in [0.25, 0.3) is 11.6 Å². The summed E-state index contributed by atoms with van der Waals surface area (Å²) in [5.74, 6) is 0.509. The average molecular weight is 297 g/mol. The zero-order valence-electron chi connectivity index (χ0n) is 11.3. The van der Waals surface area contributed by atoms with Crippen LogP contribution in [0.1, 0.15) is 43.0 Å². The first-order valence-electron chi connectivity index (χ1n) is 6.76. The smallest absolute Gasteiger partial charge is 0.287 e. The summed E-state index contributed by atoms with van der Waals surface area (Å²) < 4.78 is 0. The Balaban J connectivity index is 2.04. The number of nitro groups is 1. The molecule has 0 spiro atoms. The molecule has 1 N–H and O–H groups in total. The van der Waals surface area contributed by atoms with Crippen LogP contribution in [0.15, 0.2) is 18.2 Å². The summed E-state index contributed by atoms with van der Waals surface area (Å²) in [5, 5.41) is 13.6. The molecule has 20 heavy (non-hydrogen) atoms. The van der Waals surface area contributed by atoms with Gasteiger partial charge in [-0.05, 0) is 30.9 Å². The van der Waals surface area contributed by atoms with Crippen LogP contribution >= 0.6 is 11.6 Å². The summed E-state index contributed by atoms with van der Waals surface area (Å²) >= 11 is 5.81. The minimum absolute atomic E-state index is 0.0158. The van der Waals surface area contributed by atoms with Gasteiger partial charge in [0.05, 0.1) is 4.92 Å². The summed E-state index contributed by atoms with van der Waals surface area (Å²) in [6, 6.07) is 4.20. The highest BCUT2D eigenvalue weighted by molar-refractivity contribution is 6.33. The van der Waals surface area contributed by atoms with Crippen LogP contribution in [0, 0.1) is 16.0 Å². The predicted octanol–water partition coefficient (Wildman–Crippen LogP) is 3.56. The van der Waals surface area contributed by atoms with E-state index in [9.17, 15) is 14.9 Å². The van der Waals surface area contributed by atoms with Crippen LogP contribution < -0.4 is 5.32 Å². The van der Waals surface area contributed by atoms with Gasteiger partial charge in [-0.1, -0.05) is 31.4 Å². The number of carbonyl (C=O) groups excluding carboxylic acids is 1. The zero-order chi connectivity index (χ0) is 14.7. The van der Waals surface area contributed by atoms with E-state index < -0.39 is 4.92 Å². The Morgan fingerprint density at radius 1 is 1.55 bits per heavy atom. The Hall–Kier alpha value is -1.62. The lowest BCUT2D eigenvalue weighted by molar-refractivity contribution is -0.384. The molecular formula is C14H17ClN2O3. The standard InChI is InChI=1S/C14H17ClN2O3/c1-2-11(7-9-3-4-9)16-14(18)10-5-6-13(17(19)20)12(15)8-10/h5-6,8-9,11H,2-4,7H2,1H3,(H,16,18). The van der Waals surface area contributed by atoms with E-state index in [2.05, 4.69) is 5.32 Å². The van der Waals surface area contributed by atoms with E-state index in [0.29, 0.717) is 5.56 Å². The number of benzene rings is 1. The fourth-order valence-corrected chi connectivity index (χ4v) is 2.40. The van der Waals surface area contributed by atoms with Crippen LogP contribution in [0.2, 0.25) is 5.02 Å². The lowest BCUT2D eigenvalue weighted by atomic mass is 10.1. The van der Waals surface area contributed by atoms with Gasteiger partial charge in [0, 0.05) is 17.7 Å². The molecule has 1 amide bonds. The molecule has 1 aliphatic rings. The molecule has 1 atom stereocenters. The summed E-state index contributed by atoms with van der Waals surface area (Å²) in [4.78, 5) is 22.2. The largest absolute Gasteiger partial charge is 0.349 e. The molecule has 5 nitrogen and oxygen atoms in total. The maximum absolute atomic E-state index is 12.1. The quantitative estimate of drug-likeness (QED) is 0.644. The van der Waals surface area contributed by atoms with Gasteiger partial charge >= 0.3 is 0 Å². The van der Waals surface area contributed by atoms with Crippen LogP contribution in [0.4, 0.5) is 5.69 Å². The highest BCUT2D eigenvalue weighted by atomic mass is 35.5. The zero-order valence-corrected chi connectivity index (χ0v) is 12.0. The number of nitro benzene ring substituents is 1. The topological polar surface area (TPSA) is 72.2 Å². The molecule has 0 radical (unpaired) electrons. The molecule has 1 aliphatic carbocycles. The van der Waals surface area contributed by atoms with Gasteiger partial charge < -0.3 is 5.32 Å². The van der Waals surface area contributed by atoms with Gasteiger partial charge in [0.15, 0.2) is 0 Å². The van der Waals surface area contributed by atoms with Crippen molar-refractivity contribution in [2.45, 2.75) is 38.6 Å². The summed E-state index contributed by atoms with van der Waals surface area (Å²) in [7, 11) is 0. The monoisotopic (exact) mass is 296 g/mol. The van der Waals surface area contributed by atoms with Crippen molar-refractivity contribution in [3.63, 3.8) is 0 Å². The summed E-state index contributed by atoms with van der Waals surface area (Å²) in [5.41, 5.74) is 0.170. The normalized spacial score (nSPS) is 15.7. The van der Waals surface area contributed by atoms with Gasteiger partial charge in [0.1, 0.15) is 5.02 Å². The first-order chi connectivity index (χ1) is 9.51. The van der Waals surface area contributed by atoms with Crippen LogP contribution in [0.25, 0.3) is 0 Å².